The number of carbonyl (C=O) groups is 1. The van der Waals surface area contributed by atoms with E-state index in [-0.39, 0.29) is 29.2 Å². The van der Waals surface area contributed by atoms with Gasteiger partial charge in [0.25, 0.3) is 0 Å². The predicted octanol–water partition coefficient (Wildman–Crippen LogP) is 4.64. The highest BCUT2D eigenvalue weighted by Gasteiger charge is 2.48. The molecule has 1 aromatic heterocycles. The largest absolute Gasteiger partial charge is 0.469 e. The molecule has 3 unspecified atom stereocenters. The Morgan fingerprint density at radius 3 is 2.50 bits per heavy atom. The molecule has 3 atom stereocenters. The van der Waals surface area contributed by atoms with Crippen LogP contribution in [-0.4, -0.2) is 48.6 Å². The van der Waals surface area contributed by atoms with Crippen LogP contribution >= 0.6 is 0 Å². The molecule has 1 saturated heterocycles. The van der Waals surface area contributed by atoms with Crippen LogP contribution in [0.25, 0.3) is 0 Å². The summed E-state index contributed by atoms with van der Waals surface area (Å²) in [5.74, 6) is -0.214. The van der Waals surface area contributed by atoms with Crippen LogP contribution in [-0.2, 0) is 32.2 Å². The molecule has 3 heterocycles. The minimum absolute atomic E-state index is 0.0798. The number of fused-ring (bicyclic) bond motifs is 4. The smallest absolute Gasteiger partial charge is 0.416 e. The molecular formula is C26H27F3N4O4S. The van der Waals surface area contributed by atoms with Crippen molar-refractivity contribution in [3.8, 4) is 0 Å². The molecule has 3 aromatic rings. The number of esters is 1. The summed E-state index contributed by atoms with van der Waals surface area (Å²) < 4.78 is 72.7. The van der Waals surface area contributed by atoms with Crippen LogP contribution in [0.4, 0.5) is 18.9 Å². The van der Waals surface area contributed by atoms with Crippen LogP contribution in [0.15, 0.2) is 59.6 Å². The summed E-state index contributed by atoms with van der Waals surface area (Å²) in [4.78, 5) is 11.1. The number of ether oxygens (including phenoxy) is 1. The number of hydrogen-bond acceptors (Lipinski definition) is 6. The van der Waals surface area contributed by atoms with E-state index in [1.807, 2.05) is 24.3 Å². The second kappa shape index (κ2) is 10.1. The summed E-state index contributed by atoms with van der Waals surface area (Å²) in [6.07, 6.45) is -1.14. The van der Waals surface area contributed by atoms with Gasteiger partial charge in [0.2, 0.25) is 10.0 Å². The monoisotopic (exact) mass is 548 g/mol. The summed E-state index contributed by atoms with van der Waals surface area (Å²) in [6.45, 7) is 0.444. The van der Waals surface area contributed by atoms with E-state index in [0.29, 0.717) is 25.8 Å². The predicted molar refractivity (Wildman–Crippen MR) is 133 cm³/mol. The van der Waals surface area contributed by atoms with Crippen molar-refractivity contribution in [1.82, 2.24) is 14.5 Å². The lowest BCUT2D eigenvalue weighted by atomic mass is 9.76. The lowest BCUT2D eigenvalue weighted by molar-refractivity contribution is -0.140. The summed E-state index contributed by atoms with van der Waals surface area (Å²) >= 11 is 0. The zero-order chi connectivity index (χ0) is 27.1. The first kappa shape index (κ1) is 26.2. The number of sulfonamides is 1. The van der Waals surface area contributed by atoms with Gasteiger partial charge in [0.05, 0.1) is 36.2 Å². The number of H-pyrrole nitrogens is 1. The minimum atomic E-state index is -4.55. The number of rotatable bonds is 7. The van der Waals surface area contributed by atoms with Crippen molar-refractivity contribution in [1.29, 1.82) is 0 Å². The van der Waals surface area contributed by atoms with Crippen molar-refractivity contribution in [3.05, 3.63) is 77.1 Å². The third kappa shape index (κ3) is 5.02. The number of benzene rings is 2. The maximum Gasteiger partial charge on any atom is 0.416 e. The lowest BCUT2D eigenvalue weighted by Crippen LogP contribution is -2.51. The third-order valence-electron chi connectivity index (χ3n) is 7.31. The minimum Gasteiger partial charge on any atom is -0.469 e. The van der Waals surface area contributed by atoms with Gasteiger partial charge in [0.15, 0.2) is 0 Å². The van der Waals surface area contributed by atoms with Crippen molar-refractivity contribution >= 4 is 21.7 Å². The lowest BCUT2D eigenvalue weighted by Gasteiger charge is -2.47. The highest BCUT2D eigenvalue weighted by Crippen LogP contribution is 2.49. The molecule has 5 rings (SSSR count). The van der Waals surface area contributed by atoms with E-state index in [0.717, 1.165) is 46.8 Å². The van der Waals surface area contributed by atoms with Crippen LogP contribution in [0.1, 0.15) is 53.6 Å². The van der Waals surface area contributed by atoms with E-state index in [4.69, 9.17) is 0 Å². The third-order valence-corrected chi connectivity index (χ3v) is 9.28. The Hall–Kier alpha value is -3.38. The van der Waals surface area contributed by atoms with E-state index >= 15 is 0 Å². The zero-order valence-corrected chi connectivity index (χ0v) is 21.3. The van der Waals surface area contributed by atoms with Gasteiger partial charge in [-0.3, -0.25) is 9.89 Å². The number of hydrogen-bond donors (Lipinski definition) is 2. The van der Waals surface area contributed by atoms with Crippen molar-refractivity contribution in [2.24, 2.45) is 0 Å². The SMILES string of the molecule is COC(=O)CCNc1ccc(C2CC3Cc4[nH]ncc4C(C2)N3S(=O)(=O)c2ccc(C(F)(F)F)cc2)cc1. The van der Waals surface area contributed by atoms with Gasteiger partial charge < -0.3 is 10.1 Å². The van der Waals surface area contributed by atoms with Crippen molar-refractivity contribution < 1.29 is 31.1 Å². The highest BCUT2D eigenvalue weighted by molar-refractivity contribution is 7.89. The fourth-order valence-electron chi connectivity index (χ4n) is 5.46. The van der Waals surface area contributed by atoms with E-state index < -0.39 is 27.8 Å². The molecule has 0 spiro atoms. The number of anilines is 1. The molecule has 1 fully saturated rings. The number of nitrogens with one attached hydrogen (secondary N) is 2. The van der Waals surface area contributed by atoms with Gasteiger partial charge >= 0.3 is 12.1 Å². The number of piperidine rings is 1. The Labute approximate surface area is 218 Å². The maximum atomic E-state index is 13.7. The van der Waals surface area contributed by atoms with Crippen molar-refractivity contribution in [2.45, 2.75) is 54.8 Å². The summed E-state index contributed by atoms with van der Waals surface area (Å²) in [5, 5.41) is 10.3. The Morgan fingerprint density at radius 2 is 1.84 bits per heavy atom. The first-order chi connectivity index (χ1) is 18.1. The fourth-order valence-corrected chi connectivity index (χ4v) is 7.27. The molecule has 2 bridgehead atoms. The van der Waals surface area contributed by atoms with Crippen LogP contribution in [0.2, 0.25) is 0 Å². The van der Waals surface area contributed by atoms with Crippen LogP contribution in [0.5, 0.6) is 0 Å². The fraction of sp³-hybridized carbons (Fsp3) is 0.385. The molecule has 2 aromatic carbocycles. The van der Waals surface area contributed by atoms with Gasteiger partial charge in [0, 0.05) is 36.0 Å². The number of halogens is 3. The quantitative estimate of drug-likeness (QED) is 0.417. The molecular weight excluding hydrogens is 521 g/mol. The molecule has 2 N–H and O–H groups in total. The van der Waals surface area contributed by atoms with Crippen molar-refractivity contribution in [3.63, 3.8) is 0 Å². The van der Waals surface area contributed by atoms with E-state index in [1.54, 1.807) is 6.20 Å². The number of nitrogens with zero attached hydrogens (tertiary/aromatic N) is 2. The van der Waals surface area contributed by atoms with E-state index in [1.165, 1.54) is 11.4 Å². The molecule has 0 radical (unpaired) electrons. The molecule has 0 amide bonds. The van der Waals surface area contributed by atoms with Gasteiger partial charge in [-0.2, -0.15) is 22.6 Å². The number of aromatic amines is 1. The second-order valence-corrected chi connectivity index (χ2v) is 11.4. The number of carbonyl (C=O) groups excluding carboxylic acids is 1. The van der Waals surface area contributed by atoms with Crippen LogP contribution in [0, 0.1) is 0 Å². The van der Waals surface area contributed by atoms with Gasteiger partial charge in [-0.05, 0) is 60.7 Å². The first-order valence-corrected chi connectivity index (χ1v) is 13.7. The number of aromatic nitrogens is 2. The Bertz CT molecular complexity index is 1410. The molecule has 2 aliphatic heterocycles. The average molecular weight is 549 g/mol. The summed E-state index contributed by atoms with van der Waals surface area (Å²) in [6, 6.07) is 10.6. The molecule has 202 valence electrons. The topological polar surface area (TPSA) is 104 Å². The molecule has 0 aliphatic carbocycles. The van der Waals surface area contributed by atoms with Crippen LogP contribution < -0.4 is 5.32 Å². The molecule has 2 aliphatic rings. The van der Waals surface area contributed by atoms with Crippen molar-refractivity contribution in [2.75, 3.05) is 19.0 Å². The highest BCUT2D eigenvalue weighted by atomic mass is 32.2. The Balaban J connectivity index is 1.38. The van der Waals surface area contributed by atoms with Gasteiger partial charge in [0.1, 0.15) is 0 Å². The summed E-state index contributed by atoms with van der Waals surface area (Å²) in [7, 11) is -2.71. The van der Waals surface area contributed by atoms with Gasteiger partial charge in [-0.25, -0.2) is 8.42 Å². The van der Waals surface area contributed by atoms with Crippen LogP contribution in [0.3, 0.4) is 0 Å². The van der Waals surface area contributed by atoms with E-state index in [9.17, 15) is 26.4 Å². The standard InChI is InChI=1S/C26H27F3N4O4S/c1-37-25(34)10-11-30-19-6-2-16(3-7-19)17-12-20-14-23-22(15-31-32-23)24(13-17)33(20)38(35,36)21-8-4-18(5-9-21)26(27,28)29/h2-9,15,17,20,24,30H,10-14H2,1H3,(H,31,32). The average Bonchev–Trinajstić information content (AvgIpc) is 3.36. The molecule has 8 nitrogen and oxygen atoms in total. The van der Waals surface area contributed by atoms with Gasteiger partial charge in [-0.15, -0.1) is 0 Å². The molecule has 12 heteroatoms. The van der Waals surface area contributed by atoms with E-state index in [2.05, 4.69) is 20.3 Å². The molecule has 38 heavy (non-hydrogen) atoms. The first-order valence-electron chi connectivity index (χ1n) is 12.2. The summed E-state index contributed by atoms with van der Waals surface area (Å²) in [5.41, 5.74) is 2.72. The number of methoxy groups -OCH3 is 1. The maximum absolute atomic E-state index is 13.7. The Morgan fingerprint density at radius 1 is 1.13 bits per heavy atom. The zero-order valence-electron chi connectivity index (χ0n) is 20.5. The Kier molecular flexibility index (Phi) is 6.95. The second-order valence-electron chi connectivity index (χ2n) is 9.58. The normalized spacial score (nSPS) is 21.5. The van der Waals surface area contributed by atoms with Gasteiger partial charge in [-0.1, -0.05) is 12.1 Å². The molecule has 0 saturated carbocycles. The number of alkyl halides is 3.